The Morgan fingerprint density at radius 3 is 2.11 bits per heavy atom. The molecule has 1 aromatic carbocycles. The fraction of sp³-hybridized carbons (Fsp3) is 0.684. The van der Waals surface area contributed by atoms with Crippen molar-refractivity contribution in [1.82, 2.24) is 0 Å². The Kier molecular flexibility index (Phi) is 8.92. The highest BCUT2D eigenvalue weighted by molar-refractivity contribution is 7.99. The van der Waals surface area contributed by atoms with Crippen LogP contribution in [0.25, 0.3) is 0 Å². The maximum atomic E-state index is 13.0. The van der Waals surface area contributed by atoms with E-state index in [1.807, 2.05) is 13.0 Å². The van der Waals surface area contributed by atoms with Gasteiger partial charge in [-0.3, -0.25) is 19.2 Å². The molecule has 0 heterocycles. The van der Waals surface area contributed by atoms with E-state index in [1.165, 1.54) is 26.3 Å². The number of hydrogen-bond donors (Lipinski definition) is 0. The average Bonchev–Trinajstić information content (AvgIpc) is 2.95. The van der Waals surface area contributed by atoms with Crippen molar-refractivity contribution in [3.8, 4) is 11.5 Å². The number of rotatable bonds is 7. The Balaban J connectivity index is 1.68. The van der Waals surface area contributed by atoms with Gasteiger partial charge < -0.3 is 14.2 Å². The standard InChI is InChI=1S/C38H52O7S/c1-22-32-27(19-28(44-25(4)41)33(22)45-26(5)42)36(8)14-16-38(10)31-21-35(7,23(2)39)12-11-34(31,6)13-15-37(38,9)30(36)20-29(32)46-18-17-43-24(3)40/h19-20,29,31H,11-18,21H2,1-10H3/t29?,31-,34-,35-,36+,37-,38+/m1/s1. The molecule has 1 unspecified atom stereocenters. The van der Waals surface area contributed by atoms with Crippen molar-refractivity contribution in [2.75, 3.05) is 12.4 Å². The van der Waals surface area contributed by atoms with Crippen LogP contribution in [0.2, 0.25) is 0 Å². The Morgan fingerprint density at radius 2 is 1.50 bits per heavy atom. The molecule has 7 nitrogen and oxygen atoms in total. The topological polar surface area (TPSA) is 96.0 Å². The summed E-state index contributed by atoms with van der Waals surface area (Å²) in [4.78, 5) is 49.1. The molecule has 3 fully saturated rings. The van der Waals surface area contributed by atoms with Gasteiger partial charge in [0.1, 0.15) is 12.4 Å². The second-order valence-electron chi connectivity index (χ2n) is 15.8. The maximum Gasteiger partial charge on any atom is 0.308 e. The Hall–Kier alpha value is -2.61. The van der Waals surface area contributed by atoms with Gasteiger partial charge in [0.25, 0.3) is 0 Å². The lowest BCUT2D eigenvalue weighted by Gasteiger charge is -2.70. The molecule has 0 bridgehead atoms. The number of ketones is 1. The number of allylic oxidation sites excluding steroid dienone is 1. The van der Waals surface area contributed by atoms with Crippen LogP contribution in [-0.4, -0.2) is 36.1 Å². The summed E-state index contributed by atoms with van der Waals surface area (Å²) in [6, 6.07) is 1.95. The van der Waals surface area contributed by atoms with Crippen LogP contribution in [0, 0.1) is 34.5 Å². The Morgan fingerprint density at radius 1 is 0.848 bits per heavy atom. The van der Waals surface area contributed by atoms with Gasteiger partial charge in [0.15, 0.2) is 11.5 Å². The highest BCUT2D eigenvalue weighted by Gasteiger charge is 2.67. The van der Waals surface area contributed by atoms with Gasteiger partial charge in [-0.15, -0.1) is 11.8 Å². The van der Waals surface area contributed by atoms with E-state index in [1.54, 1.807) is 18.7 Å². The van der Waals surface area contributed by atoms with Gasteiger partial charge >= 0.3 is 17.9 Å². The fourth-order valence-corrected chi connectivity index (χ4v) is 11.1. The normalized spacial score (nSPS) is 36.2. The zero-order valence-corrected chi connectivity index (χ0v) is 30.3. The molecule has 1 aromatic rings. The molecule has 4 aliphatic carbocycles. The number of carbonyl (C=O) groups is 4. The summed E-state index contributed by atoms with van der Waals surface area (Å²) in [6.07, 6.45) is 9.54. The maximum absolute atomic E-state index is 13.0. The molecule has 0 aliphatic heterocycles. The lowest BCUT2D eigenvalue weighted by atomic mass is 9.34. The predicted octanol–water partition coefficient (Wildman–Crippen LogP) is 8.38. The first-order valence-electron chi connectivity index (χ1n) is 16.8. The van der Waals surface area contributed by atoms with Gasteiger partial charge in [-0.2, -0.15) is 0 Å². The largest absolute Gasteiger partial charge is 0.465 e. The number of thioether (sulfide) groups is 1. The monoisotopic (exact) mass is 652 g/mol. The van der Waals surface area contributed by atoms with E-state index in [4.69, 9.17) is 14.2 Å². The molecule has 0 spiro atoms. The van der Waals surface area contributed by atoms with Gasteiger partial charge in [0, 0.05) is 48.2 Å². The highest BCUT2D eigenvalue weighted by Crippen LogP contribution is 2.75. The zero-order chi connectivity index (χ0) is 34.0. The fourth-order valence-electron chi connectivity index (χ4n) is 9.98. The number of Topliss-reactive ketones (excluding diaryl/α,β-unsaturated/α-hetero) is 1. The molecular weight excluding hydrogens is 600 g/mol. The molecule has 8 heteroatoms. The highest BCUT2D eigenvalue weighted by atomic mass is 32.2. The SMILES string of the molecule is CC(=O)OCCSC1C=C2[C@@](C)(CC[C@@]3(C)[C@@H]4C[C@](C)(C(C)=O)CC[C@]4(C)CC[C@]23C)c2cc(OC(C)=O)c(OC(C)=O)c(C)c21. The Labute approximate surface area is 279 Å². The smallest absolute Gasteiger partial charge is 0.308 e. The minimum absolute atomic E-state index is 0.0155. The molecule has 5 rings (SSSR count). The van der Waals surface area contributed by atoms with Crippen molar-refractivity contribution in [2.45, 2.75) is 125 Å². The summed E-state index contributed by atoms with van der Waals surface area (Å²) >= 11 is 1.71. The summed E-state index contributed by atoms with van der Waals surface area (Å²) < 4.78 is 16.7. The minimum Gasteiger partial charge on any atom is -0.465 e. The van der Waals surface area contributed by atoms with Crippen LogP contribution in [0.3, 0.4) is 0 Å². The number of carbonyl (C=O) groups excluding carboxylic acids is 4. The lowest BCUT2D eigenvalue weighted by molar-refractivity contribution is -0.165. The second-order valence-corrected chi connectivity index (χ2v) is 17.0. The number of fused-ring (bicyclic) bond motifs is 7. The molecule has 0 radical (unpaired) electrons. The molecular formula is C38H52O7S. The van der Waals surface area contributed by atoms with Gasteiger partial charge in [0.2, 0.25) is 0 Å². The molecule has 4 aliphatic rings. The summed E-state index contributed by atoms with van der Waals surface area (Å²) in [6.45, 7) is 20.1. The third-order valence-corrected chi connectivity index (χ3v) is 14.2. The van der Waals surface area contributed by atoms with Crippen molar-refractivity contribution < 1.29 is 33.4 Å². The molecule has 0 aromatic heterocycles. The molecule has 0 saturated heterocycles. The van der Waals surface area contributed by atoms with Gasteiger partial charge in [-0.25, -0.2) is 0 Å². The quantitative estimate of drug-likeness (QED) is 0.125. The van der Waals surface area contributed by atoms with Gasteiger partial charge in [-0.05, 0) is 98.1 Å². The van der Waals surface area contributed by atoms with Crippen LogP contribution >= 0.6 is 11.8 Å². The lowest BCUT2D eigenvalue weighted by Crippen LogP contribution is -2.62. The van der Waals surface area contributed by atoms with E-state index in [9.17, 15) is 19.2 Å². The van der Waals surface area contributed by atoms with Crippen LogP contribution in [0.5, 0.6) is 11.5 Å². The second kappa shape index (κ2) is 11.8. The summed E-state index contributed by atoms with van der Waals surface area (Å²) in [5.41, 5.74) is 3.79. The number of ether oxygens (including phenoxy) is 3. The molecule has 46 heavy (non-hydrogen) atoms. The van der Waals surface area contributed by atoms with E-state index >= 15 is 0 Å². The first-order valence-corrected chi connectivity index (χ1v) is 17.9. The molecule has 0 amide bonds. The van der Waals surface area contributed by atoms with Crippen molar-refractivity contribution in [3.63, 3.8) is 0 Å². The molecule has 3 saturated carbocycles. The van der Waals surface area contributed by atoms with E-state index in [2.05, 4.69) is 40.7 Å². The van der Waals surface area contributed by atoms with Crippen LogP contribution in [0.1, 0.15) is 129 Å². The van der Waals surface area contributed by atoms with E-state index in [-0.39, 0.29) is 49.8 Å². The predicted molar refractivity (Wildman–Crippen MR) is 180 cm³/mol. The molecule has 7 atom stereocenters. The third kappa shape index (κ3) is 5.44. The van der Waals surface area contributed by atoms with Crippen LogP contribution in [-0.2, 0) is 29.3 Å². The summed E-state index contributed by atoms with van der Waals surface area (Å²) in [5, 5.41) is -0.0874. The van der Waals surface area contributed by atoms with Crippen LogP contribution in [0.4, 0.5) is 0 Å². The summed E-state index contributed by atoms with van der Waals surface area (Å²) in [7, 11) is 0. The van der Waals surface area contributed by atoms with Crippen molar-refractivity contribution in [3.05, 3.63) is 34.4 Å². The number of hydrogen-bond acceptors (Lipinski definition) is 8. The Bertz CT molecular complexity index is 1510. The minimum atomic E-state index is -0.481. The first-order chi connectivity index (χ1) is 21.3. The first kappa shape index (κ1) is 34.7. The zero-order valence-electron chi connectivity index (χ0n) is 29.4. The van der Waals surface area contributed by atoms with Crippen molar-refractivity contribution in [2.24, 2.45) is 27.6 Å². The third-order valence-electron chi connectivity index (χ3n) is 13.1. The van der Waals surface area contributed by atoms with Crippen molar-refractivity contribution >= 4 is 35.5 Å². The summed E-state index contributed by atoms with van der Waals surface area (Å²) in [5.74, 6) is 0.598. The number of esters is 3. The van der Waals surface area contributed by atoms with Crippen LogP contribution < -0.4 is 9.47 Å². The van der Waals surface area contributed by atoms with Crippen LogP contribution in [0.15, 0.2) is 17.7 Å². The number of benzene rings is 1. The van der Waals surface area contributed by atoms with E-state index < -0.39 is 11.9 Å². The van der Waals surface area contributed by atoms with E-state index in [0.717, 1.165) is 61.6 Å². The molecule has 0 N–H and O–H groups in total. The van der Waals surface area contributed by atoms with Gasteiger partial charge in [0.05, 0.1) is 0 Å². The molecule has 252 valence electrons. The van der Waals surface area contributed by atoms with Gasteiger partial charge in [-0.1, -0.05) is 46.3 Å². The average molecular weight is 653 g/mol. The van der Waals surface area contributed by atoms with E-state index in [0.29, 0.717) is 24.1 Å². The van der Waals surface area contributed by atoms with Crippen molar-refractivity contribution in [1.29, 1.82) is 0 Å².